The third-order valence-corrected chi connectivity index (χ3v) is 9.22. The van der Waals surface area contributed by atoms with Crippen molar-refractivity contribution >= 4 is 11.4 Å². The van der Waals surface area contributed by atoms with Crippen LogP contribution in [0.5, 0.6) is 0 Å². The van der Waals surface area contributed by atoms with Gasteiger partial charge in [-0.25, -0.2) is 0 Å². The molecule has 0 amide bonds. The van der Waals surface area contributed by atoms with Gasteiger partial charge in [0, 0.05) is 11.4 Å². The molecule has 0 fully saturated rings. The molecule has 0 unspecified atom stereocenters. The van der Waals surface area contributed by atoms with Gasteiger partial charge in [-0.05, 0) is 95.9 Å². The number of nitrogens with one attached hydrogen (secondary N) is 2. The third-order valence-electron chi connectivity index (χ3n) is 9.22. The fourth-order valence-electron chi connectivity index (χ4n) is 6.62. The van der Waals surface area contributed by atoms with Gasteiger partial charge in [-0.1, -0.05) is 139 Å². The summed E-state index contributed by atoms with van der Waals surface area (Å²) < 4.78 is 0. The number of hydrogen-bond donors (Lipinski definition) is 2. The molecule has 2 nitrogen and oxygen atoms in total. The van der Waals surface area contributed by atoms with Crippen LogP contribution in [-0.2, 0) is 0 Å². The largest absolute Gasteiger partial charge is 0.375 e. The predicted octanol–water partition coefficient (Wildman–Crippen LogP) is 12.4. The van der Waals surface area contributed by atoms with Crippen molar-refractivity contribution in [3.05, 3.63) is 128 Å². The van der Waals surface area contributed by atoms with Crippen molar-refractivity contribution in [2.75, 3.05) is 10.6 Å². The first-order valence-electron chi connectivity index (χ1n) is 16.7. The number of para-hydroxylation sites is 2. The van der Waals surface area contributed by atoms with Crippen LogP contribution in [0, 0.1) is 27.7 Å². The molecule has 2 atom stereocenters. The number of hydrogen-bond acceptors (Lipinski definition) is 2. The molecule has 0 bridgehead atoms. The van der Waals surface area contributed by atoms with Crippen molar-refractivity contribution in [1.29, 1.82) is 0 Å². The Kier molecular flexibility index (Phi) is 10.7. The maximum atomic E-state index is 4.26. The quantitative estimate of drug-likeness (QED) is 0.182. The zero-order valence-corrected chi connectivity index (χ0v) is 29.4. The second-order valence-electron chi connectivity index (χ2n) is 14.2. The van der Waals surface area contributed by atoms with Crippen LogP contribution in [0.25, 0.3) is 0 Å². The highest BCUT2D eigenvalue weighted by Crippen LogP contribution is 2.44. The molecule has 0 aromatic heterocycles. The van der Waals surface area contributed by atoms with Gasteiger partial charge in [0.1, 0.15) is 0 Å². The van der Waals surface area contributed by atoms with Crippen LogP contribution in [0.4, 0.5) is 11.4 Å². The van der Waals surface area contributed by atoms with Gasteiger partial charge in [0.05, 0.1) is 12.1 Å². The number of anilines is 2. The van der Waals surface area contributed by atoms with Crippen LogP contribution in [0.1, 0.15) is 147 Å². The molecule has 234 valence electrons. The van der Waals surface area contributed by atoms with Crippen LogP contribution >= 0.6 is 0 Å². The lowest BCUT2D eigenvalue weighted by atomic mass is 9.84. The Morgan fingerprint density at radius 3 is 0.955 bits per heavy atom. The fourth-order valence-corrected chi connectivity index (χ4v) is 6.62. The minimum absolute atomic E-state index is 0.0203. The summed E-state index contributed by atoms with van der Waals surface area (Å²) >= 11 is 0. The summed E-state index contributed by atoms with van der Waals surface area (Å²) in [6.07, 6.45) is 0. The molecular weight excluding hydrogens is 532 g/mol. The van der Waals surface area contributed by atoms with Gasteiger partial charge in [-0.3, -0.25) is 0 Å². The van der Waals surface area contributed by atoms with E-state index in [0.29, 0.717) is 23.7 Å². The summed E-state index contributed by atoms with van der Waals surface area (Å²) in [4.78, 5) is 0. The maximum Gasteiger partial charge on any atom is 0.0760 e. The monoisotopic (exact) mass is 588 g/mol. The van der Waals surface area contributed by atoms with Crippen molar-refractivity contribution in [2.45, 2.75) is 119 Å². The molecule has 0 saturated carbocycles. The molecular formula is C42H56N2. The summed E-state index contributed by atoms with van der Waals surface area (Å²) in [7, 11) is 0. The molecule has 4 aromatic carbocycles. The second kappa shape index (κ2) is 14.1. The molecule has 4 rings (SSSR count). The van der Waals surface area contributed by atoms with E-state index in [9.17, 15) is 0 Å². The molecule has 0 heterocycles. The summed E-state index contributed by atoms with van der Waals surface area (Å²) in [6.45, 7) is 27.5. The van der Waals surface area contributed by atoms with Gasteiger partial charge >= 0.3 is 0 Å². The van der Waals surface area contributed by atoms with Crippen LogP contribution in [-0.4, -0.2) is 0 Å². The van der Waals surface area contributed by atoms with Crippen molar-refractivity contribution in [3.63, 3.8) is 0 Å². The van der Waals surface area contributed by atoms with Gasteiger partial charge in [0.15, 0.2) is 0 Å². The fraction of sp³-hybridized carbons (Fsp3) is 0.429. The lowest BCUT2D eigenvalue weighted by Gasteiger charge is -2.37. The van der Waals surface area contributed by atoms with Crippen molar-refractivity contribution in [1.82, 2.24) is 0 Å². The first-order chi connectivity index (χ1) is 20.8. The van der Waals surface area contributed by atoms with E-state index in [1.807, 2.05) is 0 Å². The molecule has 0 spiro atoms. The van der Waals surface area contributed by atoms with E-state index in [1.54, 1.807) is 0 Å². The molecule has 44 heavy (non-hydrogen) atoms. The summed E-state index contributed by atoms with van der Waals surface area (Å²) in [6, 6.07) is 27.5. The minimum atomic E-state index is -0.0203. The Morgan fingerprint density at radius 2 is 0.682 bits per heavy atom. The number of benzene rings is 4. The van der Waals surface area contributed by atoms with E-state index >= 15 is 0 Å². The molecule has 0 aliphatic rings. The Bertz CT molecular complexity index is 1400. The smallest absolute Gasteiger partial charge is 0.0760 e. The van der Waals surface area contributed by atoms with Crippen molar-refractivity contribution < 1.29 is 0 Å². The van der Waals surface area contributed by atoms with E-state index in [-0.39, 0.29) is 12.1 Å². The molecule has 2 heteroatoms. The van der Waals surface area contributed by atoms with Gasteiger partial charge in [0.2, 0.25) is 0 Å². The third kappa shape index (κ3) is 7.23. The minimum Gasteiger partial charge on any atom is -0.375 e. The number of rotatable bonds is 11. The molecule has 0 radical (unpaired) electrons. The Balaban J connectivity index is 2.07. The highest BCUT2D eigenvalue weighted by atomic mass is 15.0. The Hall–Kier alpha value is -3.52. The van der Waals surface area contributed by atoms with E-state index < -0.39 is 0 Å². The van der Waals surface area contributed by atoms with Crippen LogP contribution in [0.2, 0.25) is 0 Å². The highest BCUT2D eigenvalue weighted by molar-refractivity contribution is 5.65. The van der Waals surface area contributed by atoms with Gasteiger partial charge in [-0.2, -0.15) is 0 Å². The van der Waals surface area contributed by atoms with E-state index in [1.165, 1.54) is 67.0 Å². The van der Waals surface area contributed by atoms with Gasteiger partial charge in [-0.15, -0.1) is 0 Å². The predicted molar refractivity (Wildman–Crippen MR) is 194 cm³/mol. The van der Waals surface area contributed by atoms with E-state index in [4.69, 9.17) is 0 Å². The van der Waals surface area contributed by atoms with Crippen molar-refractivity contribution in [3.8, 4) is 0 Å². The number of aryl methyl sites for hydroxylation is 4. The zero-order chi connectivity index (χ0) is 32.3. The summed E-state index contributed by atoms with van der Waals surface area (Å²) in [5.74, 6) is 1.60. The van der Waals surface area contributed by atoms with Crippen molar-refractivity contribution in [2.24, 2.45) is 0 Å². The summed E-state index contributed by atoms with van der Waals surface area (Å²) in [5, 5.41) is 8.53. The maximum absolute atomic E-state index is 4.26. The molecule has 0 aliphatic heterocycles. The average molecular weight is 589 g/mol. The lowest BCUT2D eigenvalue weighted by Crippen LogP contribution is -2.29. The van der Waals surface area contributed by atoms with E-state index in [0.717, 1.165) is 0 Å². The topological polar surface area (TPSA) is 24.1 Å². The first-order valence-corrected chi connectivity index (χ1v) is 16.7. The normalized spacial score (nSPS) is 13.2. The molecule has 0 aliphatic carbocycles. The van der Waals surface area contributed by atoms with Crippen LogP contribution in [0.15, 0.2) is 72.8 Å². The second-order valence-corrected chi connectivity index (χ2v) is 14.2. The molecule has 4 aromatic rings. The first kappa shape index (κ1) is 33.4. The Morgan fingerprint density at radius 1 is 0.386 bits per heavy atom. The van der Waals surface area contributed by atoms with Crippen LogP contribution in [0.3, 0.4) is 0 Å². The summed E-state index contributed by atoms with van der Waals surface area (Å²) in [5.41, 5.74) is 15.9. The average Bonchev–Trinajstić information content (AvgIpc) is 2.97. The van der Waals surface area contributed by atoms with E-state index in [2.05, 4.69) is 167 Å². The lowest BCUT2D eigenvalue weighted by molar-refractivity contribution is 0.634. The highest BCUT2D eigenvalue weighted by Gasteiger charge is 2.31. The van der Waals surface area contributed by atoms with Crippen LogP contribution < -0.4 is 10.6 Å². The van der Waals surface area contributed by atoms with Gasteiger partial charge < -0.3 is 10.6 Å². The molecule has 2 N–H and O–H groups in total. The standard InChI is InChI=1S/C42H56N2/c1-25(2)33-15-13-16-34(26(3)4)39(33)43-41(37-23-29(9)19-21-31(37)11)42(38-24-30(10)20-22-32(38)12)44-40-35(27(5)6)17-14-18-36(40)28(7)8/h13-28,41-44H,1-12H3/t41-,42+. The zero-order valence-electron chi connectivity index (χ0n) is 29.4. The van der Waals surface area contributed by atoms with Gasteiger partial charge in [0.25, 0.3) is 0 Å². The molecule has 0 saturated heterocycles. The Labute approximate surface area is 268 Å². The SMILES string of the molecule is Cc1ccc(C)c([C@@H](Nc2c(C(C)C)cccc2C(C)C)[C@@H](Nc2c(C(C)C)cccc2C(C)C)c2cc(C)ccc2C)c1.